The van der Waals surface area contributed by atoms with E-state index in [2.05, 4.69) is 9.71 Å². The lowest BCUT2D eigenvalue weighted by Gasteiger charge is -2.08. The highest BCUT2D eigenvalue weighted by atomic mass is 32.2. The number of hydrogen-bond donors (Lipinski definition) is 2. The van der Waals surface area contributed by atoms with E-state index in [0.29, 0.717) is 11.3 Å². The summed E-state index contributed by atoms with van der Waals surface area (Å²) in [5.74, 6) is 0.570. The van der Waals surface area contributed by atoms with Crippen LogP contribution in [0.2, 0.25) is 0 Å². The zero-order valence-corrected chi connectivity index (χ0v) is 14.7. The van der Waals surface area contributed by atoms with Gasteiger partial charge in [0.1, 0.15) is 5.75 Å². The summed E-state index contributed by atoms with van der Waals surface area (Å²) in [5.41, 5.74) is 1.81. The smallest absolute Gasteiger partial charge is 0.252 e. The highest BCUT2D eigenvalue weighted by molar-refractivity contribution is 7.89. The van der Waals surface area contributed by atoms with Gasteiger partial charge in [-0.3, -0.25) is 4.79 Å². The summed E-state index contributed by atoms with van der Waals surface area (Å²) in [5, 5.41) is 0.851. The van der Waals surface area contributed by atoms with E-state index in [4.69, 9.17) is 4.74 Å². The van der Waals surface area contributed by atoms with Gasteiger partial charge in [-0.05, 0) is 54.3 Å². The Labute approximate surface area is 145 Å². The molecular weight excluding hydrogens is 340 g/mol. The number of aromatic nitrogens is 1. The molecule has 0 amide bonds. The molecule has 0 bridgehead atoms. The lowest BCUT2D eigenvalue weighted by Crippen LogP contribution is -2.26. The fourth-order valence-corrected chi connectivity index (χ4v) is 3.51. The second-order valence-electron chi connectivity index (χ2n) is 5.71. The molecule has 0 unspecified atom stereocenters. The topological polar surface area (TPSA) is 88.3 Å². The standard InChI is InChI=1S/C18H18N2O4S/c1-12-3-4-13-10-14(18(21)20-17(13)9-12)11-19-25(22,23)16-7-5-15(24-2)6-8-16/h3-10,19H,11H2,1-2H3,(H,20,21). The first-order chi connectivity index (χ1) is 11.9. The van der Waals surface area contributed by atoms with E-state index >= 15 is 0 Å². The number of sulfonamides is 1. The van der Waals surface area contributed by atoms with E-state index in [-0.39, 0.29) is 17.0 Å². The summed E-state index contributed by atoms with van der Waals surface area (Å²) in [7, 11) is -2.21. The number of fused-ring (bicyclic) bond motifs is 1. The van der Waals surface area contributed by atoms with Crippen LogP contribution in [0.3, 0.4) is 0 Å². The third-order valence-corrected chi connectivity index (χ3v) is 5.32. The fourth-order valence-electron chi connectivity index (χ4n) is 2.50. The van der Waals surface area contributed by atoms with Crippen molar-refractivity contribution in [2.45, 2.75) is 18.4 Å². The van der Waals surface area contributed by atoms with Gasteiger partial charge < -0.3 is 9.72 Å². The number of aryl methyl sites for hydroxylation is 1. The Morgan fingerprint density at radius 1 is 1.08 bits per heavy atom. The molecule has 0 radical (unpaired) electrons. The molecule has 25 heavy (non-hydrogen) atoms. The van der Waals surface area contributed by atoms with E-state index in [0.717, 1.165) is 16.5 Å². The SMILES string of the molecule is COc1ccc(S(=O)(=O)NCc2cc3ccc(C)cc3[nH]c2=O)cc1. The monoisotopic (exact) mass is 358 g/mol. The highest BCUT2D eigenvalue weighted by Crippen LogP contribution is 2.16. The molecule has 0 saturated heterocycles. The number of H-pyrrole nitrogens is 1. The van der Waals surface area contributed by atoms with Gasteiger partial charge in [0.05, 0.1) is 12.0 Å². The van der Waals surface area contributed by atoms with Crippen molar-refractivity contribution in [2.75, 3.05) is 7.11 Å². The maximum absolute atomic E-state index is 12.4. The predicted molar refractivity (Wildman–Crippen MR) is 96.3 cm³/mol. The van der Waals surface area contributed by atoms with Crippen LogP contribution in [0.1, 0.15) is 11.1 Å². The first-order valence-corrected chi connectivity index (χ1v) is 9.14. The maximum Gasteiger partial charge on any atom is 0.252 e. The van der Waals surface area contributed by atoms with Gasteiger partial charge in [0.25, 0.3) is 5.56 Å². The van der Waals surface area contributed by atoms with Crippen molar-refractivity contribution in [3.63, 3.8) is 0 Å². The lowest BCUT2D eigenvalue weighted by atomic mass is 10.1. The third kappa shape index (κ3) is 3.72. The van der Waals surface area contributed by atoms with Crippen molar-refractivity contribution < 1.29 is 13.2 Å². The molecule has 6 nitrogen and oxygen atoms in total. The Morgan fingerprint density at radius 3 is 2.48 bits per heavy atom. The van der Waals surface area contributed by atoms with Crippen LogP contribution in [0.4, 0.5) is 0 Å². The quantitative estimate of drug-likeness (QED) is 0.733. The van der Waals surface area contributed by atoms with Crippen LogP contribution in [0.5, 0.6) is 5.75 Å². The van der Waals surface area contributed by atoms with Crippen molar-refractivity contribution in [3.05, 3.63) is 70.0 Å². The molecule has 0 fully saturated rings. The molecule has 2 aromatic carbocycles. The molecule has 0 saturated carbocycles. The Balaban J connectivity index is 1.84. The van der Waals surface area contributed by atoms with Crippen LogP contribution in [0, 0.1) is 6.92 Å². The minimum atomic E-state index is -3.72. The molecule has 0 aliphatic heterocycles. The van der Waals surface area contributed by atoms with Gasteiger partial charge in [-0.2, -0.15) is 0 Å². The first kappa shape index (κ1) is 17.2. The largest absolute Gasteiger partial charge is 0.497 e. The minimum absolute atomic E-state index is 0.0898. The summed E-state index contributed by atoms with van der Waals surface area (Å²) in [6.07, 6.45) is 0. The van der Waals surface area contributed by atoms with Gasteiger partial charge in [-0.15, -0.1) is 0 Å². The van der Waals surface area contributed by atoms with E-state index in [1.54, 1.807) is 18.2 Å². The van der Waals surface area contributed by atoms with Crippen molar-refractivity contribution in [1.29, 1.82) is 0 Å². The summed E-state index contributed by atoms with van der Waals surface area (Å²) < 4.78 is 32.2. The number of aromatic amines is 1. The Bertz CT molecular complexity index is 1070. The molecule has 0 aliphatic carbocycles. The molecular formula is C18H18N2O4S. The number of methoxy groups -OCH3 is 1. The molecule has 1 heterocycles. The van der Waals surface area contributed by atoms with E-state index in [1.165, 1.54) is 19.2 Å². The molecule has 130 valence electrons. The van der Waals surface area contributed by atoms with Crippen molar-refractivity contribution in [2.24, 2.45) is 0 Å². The Kier molecular flexibility index (Phi) is 4.61. The maximum atomic E-state index is 12.4. The van der Waals surface area contributed by atoms with E-state index < -0.39 is 10.0 Å². The van der Waals surface area contributed by atoms with Crippen molar-refractivity contribution >= 4 is 20.9 Å². The van der Waals surface area contributed by atoms with Crippen molar-refractivity contribution in [3.8, 4) is 5.75 Å². The van der Waals surface area contributed by atoms with Crippen LogP contribution in [0.25, 0.3) is 10.9 Å². The molecule has 3 aromatic rings. The summed E-state index contributed by atoms with van der Waals surface area (Å²) in [6.45, 7) is 1.85. The average molecular weight is 358 g/mol. The summed E-state index contributed by atoms with van der Waals surface area (Å²) in [4.78, 5) is 15.1. The second kappa shape index (κ2) is 6.70. The molecule has 2 N–H and O–H groups in total. The number of rotatable bonds is 5. The van der Waals surface area contributed by atoms with E-state index in [1.807, 2.05) is 25.1 Å². The van der Waals surface area contributed by atoms with Crippen LogP contribution in [-0.2, 0) is 16.6 Å². The Hall–Kier alpha value is -2.64. The van der Waals surface area contributed by atoms with Gasteiger partial charge in [0, 0.05) is 17.6 Å². The fraction of sp³-hybridized carbons (Fsp3) is 0.167. The van der Waals surface area contributed by atoms with Gasteiger partial charge in [0.2, 0.25) is 10.0 Å². The molecule has 0 atom stereocenters. The first-order valence-electron chi connectivity index (χ1n) is 7.65. The number of benzene rings is 2. The summed E-state index contributed by atoms with van der Waals surface area (Å²) in [6, 6.07) is 13.4. The molecule has 0 aliphatic rings. The van der Waals surface area contributed by atoms with Gasteiger partial charge in [-0.25, -0.2) is 13.1 Å². The average Bonchev–Trinajstić information content (AvgIpc) is 2.60. The van der Waals surface area contributed by atoms with E-state index in [9.17, 15) is 13.2 Å². The lowest BCUT2D eigenvalue weighted by molar-refractivity contribution is 0.414. The molecule has 0 spiro atoms. The minimum Gasteiger partial charge on any atom is -0.497 e. The summed E-state index contributed by atoms with van der Waals surface area (Å²) >= 11 is 0. The van der Waals surface area contributed by atoms with Crippen LogP contribution in [-0.4, -0.2) is 20.5 Å². The van der Waals surface area contributed by atoms with Crippen molar-refractivity contribution in [1.82, 2.24) is 9.71 Å². The predicted octanol–water partition coefficient (Wildman–Crippen LogP) is 2.32. The zero-order valence-electron chi connectivity index (χ0n) is 13.9. The number of pyridine rings is 1. The number of ether oxygens (including phenoxy) is 1. The number of nitrogens with one attached hydrogen (secondary N) is 2. The third-order valence-electron chi connectivity index (χ3n) is 3.90. The Morgan fingerprint density at radius 2 is 1.80 bits per heavy atom. The highest BCUT2D eigenvalue weighted by Gasteiger charge is 2.15. The molecule has 1 aromatic heterocycles. The zero-order chi connectivity index (χ0) is 18.0. The van der Waals surface area contributed by atoms with Gasteiger partial charge >= 0.3 is 0 Å². The van der Waals surface area contributed by atoms with Crippen LogP contribution >= 0.6 is 0 Å². The van der Waals surface area contributed by atoms with Crippen LogP contribution < -0.4 is 15.0 Å². The molecule has 3 rings (SSSR count). The van der Waals surface area contributed by atoms with Gasteiger partial charge in [0.15, 0.2) is 0 Å². The van der Waals surface area contributed by atoms with Crippen LogP contribution in [0.15, 0.2) is 58.2 Å². The number of hydrogen-bond acceptors (Lipinski definition) is 4. The van der Waals surface area contributed by atoms with Gasteiger partial charge in [-0.1, -0.05) is 12.1 Å². The second-order valence-corrected chi connectivity index (χ2v) is 7.48. The normalized spacial score (nSPS) is 11.6. The molecule has 7 heteroatoms.